The van der Waals surface area contributed by atoms with Crippen LogP contribution in [0.5, 0.6) is 0 Å². The summed E-state index contributed by atoms with van der Waals surface area (Å²) in [6.07, 6.45) is 0.498. The lowest BCUT2D eigenvalue weighted by Gasteiger charge is -2.34. The summed E-state index contributed by atoms with van der Waals surface area (Å²) in [7, 11) is 0. The van der Waals surface area contributed by atoms with Crippen LogP contribution in [0.25, 0.3) is 5.65 Å². The van der Waals surface area contributed by atoms with Gasteiger partial charge in [0.05, 0.1) is 13.2 Å². The Labute approximate surface area is 134 Å². The molecule has 1 fully saturated rings. The van der Waals surface area contributed by atoms with E-state index >= 15 is 0 Å². The third-order valence-corrected chi connectivity index (χ3v) is 3.52. The Hall–Kier alpha value is -2.43. The monoisotopic (exact) mass is 340 g/mol. The van der Waals surface area contributed by atoms with E-state index in [-0.39, 0.29) is 28.8 Å². The van der Waals surface area contributed by atoms with E-state index in [2.05, 4.69) is 15.4 Å². The molecule has 122 valence electrons. The predicted molar refractivity (Wildman–Crippen MR) is 79.6 cm³/mol. The zero-order valence-corrected chi connectivity index (χ0v) is 12.5. The molecule has 1 unspecified atom stereocenters. The molecule has 2 amide bonds. The van der Waals surface area contributed by atoms with Gasteiger partial charge >= 0.3 is 12.0 Å². The Balaban J connectivity index is 2.22. The number of anilines is 1. The van der Waals surface area contributed by atoms with E-state index in [4.69, 9.17) is 22.1 Å². The molecule has 0 radical (unpaired) electrons. The third kappa shape index (κ3) is 2.79. The number of amides is 2. The first-order valence-electron chi connectivity index (χ1n) is 6.66. The van der Waals surface area contributed by atoms with Crippen molar-refractivity contribution in [1.29, 1.82) is 0 Å². The molecule has 0 bridgehead atoms. The summed E-state index contributed by atoms with van der Waals surface area (Å²) in [5, 5.41) is 16.6. The van der Waals surface area contributed by atoms with Gasteiger partial charge < -0.3 is 15.6 Å². The van der Waals surface area contributed by atoms with Gasteiger partial charge in [-0.15, -0.1) is 0 Å². The number of carboxylic acid groups (broad SMARTS) is 1. The lowest BCUT2D eigenvalue weighted by molar-refractivity contribution is 0.0691. The van der Waals surface area contributed by atoms with Crippen LogP contribution >= 0.6 is 11.6 Å². The second-order valence-electron chi connectivity index (χ2n) is 4.79. The molecule has 1 aliphatic heterocycles. The number of nitrogens with zero attached hydrogens (tertiary/aromatic N) is 4. The minimum atomic E-state index is -1.27. The number of aromatic nitrogens is 3. The van der Waals surface area contributed by atoms with E-state index in [9.17, 15) is 14.7 Å². The Morgan fingerprint density at radius 1 is 1.57 bits per heavy atom. The number of nitrogens with two attached hydrogens (primary N) is 1. The predicted octanol–water partition coefficient (Wildman–Crippen LogP) is -0.0881. The summed E-state index contributed by atoms with van der Waals surface area (Å²) < 4.78 is 6.50. The molecular formula is C12H13ClN6O4. The third-order valence-electron chi connectivity index (χ3n) is 3.34. The zero-order valence-electron chi connectivity index (χ0n) is 11.8. The van der Waals surface area contributed by atoms with Gasteiger partial charge in [-0.1, -0.05) is 11.6 Å². The van der Waals surface area contributed by atoms with E-state index in [1.54, 1.807) is 0 Å². The topological polar surface area (TPSA) is 135 Å². The highest BCUT2D eigenvalue weighted by Gasteiger charge is 2.32. The smallest absolute Gasteiger partial charge is 0.341 e. The van der Waals surface area contributed by atoms with Gasteiger partial charge in [0.1, 0.15) is 11.7 Å². The SMILES string of the molecule is NC(=O)N(c1c(C(=O)O)cnc2cc(Cl)nn12)C1COCCN1. The first kappa shape index (κ1) is 15.5. The van der Waals surface area contributed by atoms with Gasteiger partial charge in [-0.05, 0) is 0 Å². The van der Waals surface area contributed by atoms with Crippen molar-refractivity contribution in [2.24, 2.45) is 5.73 Å². The van der Waals surface area contributed by atoms with Crippen LogP contribution < -0.4 is 16.0 Å². The van der Waals surface area contributed by atoms with Crippen LogP contribution in [0.1, 0.15) is 10.4 Å². The molecule has 4 N–H and O–H groups in total. The molecular weight excluding hydrogens is 328 g/mol. The maximum absolute atomic E-state index is 12.0. The lowest BCUT2D eigenvalue weighted by atomic mass is 10.2. The van der Waals surface area contributed by atoms with Crippen molar-refractivity contribution in [3.05, 3.63) is 23.0 Å². The summed E-state index contributed by atoms with van der Waals surface area (Å²) in [5.74, 6) is -1.31. The van der Waals surface area contributed by atoms with Crippen LogP contribution in [0.3, 0.4) is 0 Å². The number of hydrogen-bond acceptors (Lipinski definition) is 6. The van der Waals surface area contributed by atoms with Gasteiger partial charge in [-0.25, -0.2) is 14.6 Å². The molecule has 1 atom stereocenters. The molecule has 11 heteroatoms. The van der Waals surface area contributed by atoms with E-state index in [0.29, 0.717) is 13.2 Å². The highest BCUT2D eigenvalue weighted by atomic mass is 35.5. The molecule has 2 aromatic rings. The second kappa shape index (κ2) is 5.99. The first-order valence-corrected chi connectivity index (χ1v) is 7.04. The van der Waals surface area contributed by atoms with E-state index in [1.165, 1.54) is 10.6 Å². The summed E-state index contributed by atoms with van der Waals surface area (Å²) in [4.78, 5) is 28.6. The fourth-order valence-corrected chi connectivity index (χ4v) is 2.57. The Kier molecular flexibility index (Phi) is 4.03. The number of nitrogens with one attached hydrogen (secondary N) is 1. The van der Waals surface area contributed by atoms with Gasteiger partial charge in [-0.2, -0.15) is 9.61 Å². The molecule has 0 aromatic carbocycles. The highest BCUT2D eigenvalue weighted by molar-refractivity contribution is 6.29. The number of halogens is 1. The molecule has 0 saturated carbocycles. The van der Waals surface area contributed by atoms with Crippen LogP contribution in [0, 0.1) is 0 Å². The van der Waals surface area contributed by atoms with Crippen molar-refractivity contribution < 1.29 is 19.4 Å². The molecule has 3 rings (SSSR count). The average Bonchev–Trinajstić information content (AvgIpc) is 2.88. The van der Waals surface area contributed by atoms with Crippen LogP contribution in [0.15, 0.2) is 12.3 Å². The van der Waals surface area contributed by atoms with Gasteiger partial charge in [0.15, 0.2) is 16.6 Å². The Morgan fingerprint density at radius 3 is 2.96 bits per heavy atom. The van der Waals surface area contributed by atoms with Crippen molar-refractivity contribution in [1.82, 2.24) is 19.9 Å². The molecule has 10 nitrogen and oxygen atoms in total. The number of ether oxygens (including phenoxy) is 1. The normalized spacial score (nSPS) is 18.0. The summed E-state index contributed by atoms with van der Waals surface area (Å²) in [5.41, 5.74) is 5.53. The number of carboxylic acids is 1. The van der Waals surface area contributed by atoms with Crippen LogP contribution in [0.2, 0.25) is 5.15 Å². The van der Waals surface area contributed by atoms with E-state index in [0.717, 1.165) is 11.1 Å². The fraction of sp³-hybridized carbons (Fsp3) is 0.333. The standard InChI is InChI=1S/C12H13ClN6O4/c13-7-3-8-16-4-6(11(20)21)10(19(8)17-7)18(12(14)22)9-5-23-2-1-15-9/h3-4,9,15H,1-2,5H2,(H2,14,22)(H,20,21). The van der Waals surface area contributed by atoms with Crippen LogP contribution in [-0.2, 0) is 4.74 Å². The quantitative estimate of drug-likeness (QED) is 0.710. The number of fused-ring (bicyclic) bond motifs is 1. The maximum Gasteiger partial charge on any atom is 0.341 e. The molecule has 1 aliphatic rings. The molecule has 0 spiro atoms. The second-order valence-corrected chi connectivity index (χ2v) is 5.18. The number of morpholine rings is 1. The van der Waals surface area contributed by atoms with Crippen molar-refractivity contribution in [3.8, 4) is 0 Å². The van der Waals surface area contributed by atoms with Gasteiger partial charge in [-0.3, -0.25) is 10.2 Å². The number of hydrogen-bond donors (Lipinski definition) is 3. The number of carbonyl (C=O) groups is 2. The largest absolute Gasteiger partial charge is 0.477 e. The maximum atomic E-state index is 12.0. The number of primary amides is 1. The Morgan fingerprint density at radius 2 is 2.35 bits per heavy atom. The summed E-state index contributed by atoms with van der Waals surface area (Å²) in [6, 6.07) is 0.593. The van der Waals surface area contributed by atoms with Gasteiger partial charge in [0.25, 0.3) is 0 Å². The number of urea groups is 1. The molecule has 1 saturated heterocycles. The van der Waals surface area contributed by atoms with Crippen LogP contribution in [0.4, 0.5) is 10.6 Å². The Bertz CT molecular complexity index is 772. The zero-order chi connectivity index (χ0) is 16.6. The number of aromatic carboxylic acids is 1. The molecule has 3 heterocycles. The lowest BCUT2D eigenvalue weighted by Crippen LogP contribution is -2.57. The highest BCUT2D eigenvalue weighted by Crippen LogP contribution is 2.25. The molecule has 0 aliphatic carbocycles. The minimum absolute atomic E-state index is 0.0371. The minimum Gasteiger partial charge on any atom is -0.477 e. The summed E-state index contributed by atoms with van der Waals surface area (Å²) >= 11 is 5.86. The van der Waals surface area contributed by atoms with Gasteiger partial charge in [0.2, 0.25) is 0 Å². The van der Waals surface area contributed by atoms with E-state index in [1.807, 2.05) is 0 Å². The number of rotatable bonds is 3. The van der Waals surface area contributed by atoms with Crippen molar-refractivity contribution >= 4 is 35.1 Å². The number of carbonyl (C=O) groups excluding carboxylic acids is 1. The molecule has 2 aromatic heterocycles. The van der Waals surface area contributed by atoms with Gasteiger partial charge in [0, 0.05) is 18.8 Å². The first-order chi connectivity index (χ1) is 11.0. The van der Waals surface area contributed by atoms with Crippen molar-refractivity contribution in [2.45, 2.75) is 6.17 Å². The van der Waals surface area contributed by atoms with Crippen molar-refractivity contribution in [3.63, 3.8) is 0 Å². The van der Waals surface area contributed by atoms with E-state index < -0.39 is 18.2 Å². The average molecular weight is 341 g/mol. The van der Waals surface area contributed by atoms with Crippen molar-refractivity contribution in [2.75, 3.05) is 24.7 Å². The molecule has 23 heavy (non-hydrogen) atoms. The summed E-state index contributed by atoms with van der Waals surface area (Å²) in [6.45, 7) is 1.13. The van der Waals surface area contributed by atoms with Crippen LogP contribution in [-0.4, -0.2) is 57.6 Å². The fourth-order valence-electron chi connectivity index (χ4n) is 2.40.